The number of para-hydroxylation sites is 2. The van der Waals surface area contributed by atoms with Crippen LogP contribution in [0.1, 0.15) is 39.5 Å². The Morgan fingerprint density at radius 3 is 2.69 bits per heavy atom. The number of nitrogens with zero attached hydrogens (tertiary/aromatic N) is 1. The zero-order valence-corrected chi connectivity index (χ0v) is 15.0. The Kier molecular flexibility index (Phi) is 6.94. The van der Waals surface area contributed by atoms with Crippen molar-refractivity contribution in [3.05, 3.63) is 34.4 Å². The van der Waals surface area contributed by atoms with Crippen LogP contribution in [0, 0.1) is 16.0 Å². The van der Waals surface area contributed by atoms with Gasteiger partial charge in [0.15, 0.2) is 18.5 Å². The first kappa shape index (κ1) is 19.7. The number of hydrogen-bond acceptors (Lipinski definition) is 6. The number of benzene rings is 1. The average Bonchev–Trinajstić information content (AvgIpc) is 2.62. The molecule has 2 rings (SSSR count). The average molecular weight is 364 g/mol. The van der Waals surface area contributed by atoms with E-state index in [9.17, 15) is 19.7 Å². The van der Waals surface area contributed by atoms with Gasteiger partial charge in [-0.3, -0.25) is 14.9 Å². The summed E-state index contributed by atoms with van der Waals surface area (Å²) in [5, 5.41) is 13.8. The van der Waals surface area contributed by atoms with E-state index in [1.54, 1.807) is 6.07 Å². The van der Waals surface area contributed by atoms with Crippen LogP contribution in [0.2, 0.25) is 0 Å². The molecule has 1 aromatic rings. The van der Waals surface area contributed by atoms with Gasteiger partial charge in [0.1, 0.15) is 0 Å². The lowest BCUT2D eigenvalue weighted by Gasteiger charge is -2.30. The summed E-state index contributed by atoms with van der Waals surface area (Å²) >= 11 is 0. The Bertz CT molecular complexity index is 663. The van der Waals surface area contributed by atoms with Crippen LogP contribution in [0.3, 0.4) is 0 Å². The van der Waals surface area contributed by atoms with Crippen LogP contribution >= 0.6 is 0 Å². The summed E-state index contributed by atoms with van der Waals surface area (Å²) in [5.74, 6) is -0.731. The lowest BCUT2D eigenvalue weighted by Crippen LogP contribution is -2.46. The lowest BCUT2D eigenvalue weighted by atomic mass is 9.86. The molecule has 142 valence electrons. The molecule has 1 saturated carbocycles. The number of hydrogen-bond donors (Lipinski definition) is 1. The summed E-state index contributed by atoms with van der Waals surface area (Å²) < 4.78 is 10.2. The summed E-state index contributed by atoms with van der Waals surface area (Å²) in [7, 11) is 0. The van der Waals surface area contributed by atoms with Gasteiger partial charge in [0.2, 0.25) is 0 Å². The monoisotopic (exact) mass is 364 g/mol. The molecule has 0 bridgehead atoms. The van der Waals surface area contributed by atoms with E-state index < -0.39 is 23.6 Å². The molecule has 0 spiro atoms. The first-order valence-electron chi connectivity index (χ1n) is 8.74. The number of amides is 1. The van der Waals surface area contributed by atoms with E-state index in [0.29, 0.717) is 5.92 Å². The molecule has 0 radical (unpaired) electrons. The Morgan fingerprint density at radius 2 is 2.00 bits per heavy atom. The molecule has 1 amide bonds. The van der Waals surface area contributed by atoms with E-state index in [-0.39, 0.29) is 23.4 Å². The fourth-order valence-electron chi connectivity index (χ4n) is 2.98. The number of ether oxygens (including phenoxy) is 2. The molecule has 1 aliphatic rings. The van der Waals surface area contributed by atoms with Crippen LogP contribution in [-0.4, -0.2) is 35.6 Å². The van der Waals surface area contributed by atoms with Crippen molar-refractivity contribution in [2.45, 2.75) is 51.7 Å². The van der Waals surface area contributed by atoms with Crippen molar-refractivity contribution < 1.29 is 24.0 Å². The maximum Gasteiger partial charge on any atom is 0.344 e. The van der Waals surface area contributed by atoms with E-state index in [2.05, 4.69) is 12.2 Å². The van der Waals surface area contributed by atoms with Crippen LogP contribution < -0.4 is 10.1 Å². The van der Waals surface area contributed by atoms with Crippen molar-refractivity contribution >= 4 is 17.6 Å². The summed E-state index contributed by atoms with van der Waals surface area (Å²) in [6, 6.07) is 5.84. The molecule has 0 saturated heterocycles. The van der Waals surface area contributed by atoms with Gasteiger partial charge < -0.3 is 14.8 Å². The fourth-order valence-corrected chi connectivity index (χ4v) is 2.98. The number of rotatable bonds is 7. The Morgan fingerprint density at radius 1 is 1.31 bits per heavy atom. The normalized spacial score (nSPS) is 20.7. The van der Waals surface area contributed by atoms with Crippen molar-refractivity contribution in [3.8, 4) is 5.75 Å². The van der Waals surface area contributed by atoms with Gasteiger partial charge in [-0.2, -0.15) is 0 Å². The van der Waals surface area contributed by atoms with Crippen LogP contribution in [-0.2, 0) is 14.3 Å². The van der Waals surface area contributed by atoms with Crippen LogP contribution in [0.25, 0.3) is 0 Å². The van der Waals surface area contributed by atoms with Gasteiger partial charge in [-0.1, -0.05) is 31.9 Å². The Labute approximate surface area is 152 Å². The second kappa shape index (κ2) is 9.17. The van der Waals surface area contributed by atoms with Crippen LogP contribution in [0.4, 0.5) is 5.69 Å². The van der Waals surface area contributed by atoms with Crippen LogP contribution in [0.5, 0.6) is 5.75 Å². The SMILES string of the molecule is C[C@@H]1CCCC[C@@H]1NC(=O)[C@@H](C)OC(=O)COc1ccccc1[N+](=O)[O-]. The zero-order valence-electron chi connectivity index (χ0n) is 15.0. The predicted molar refractivity (Wildman–Crippen MR) is 93.7 cm³/mol. The van der Waals surface area contributed by atoms with Gasteiger partial charge in [-0.15, -0.1) is 0 Å². The third-order valence-electron chi connectivity index (χ3n) is 4.52. The Balaban J connectivity index is 1.81. The first-order valence-corrected chi connectivity index (χ1v) is 8.74. The summed E-state index contributed by atoms with van der Waals surface area (Å²) in [4.78, 5) is 34.4. The number of carbonyl (C=O) groups is 2. The van der Waals surface area contributed by atoms with Crippen molar-refractivity contribution in [2.24, 2.45) is 5.92 Å². The largest absolute Gasteiger partial charge is 0.475 e. The molecule has 0 heterocycles. The molecule has 26 heavy (non-hydrogen) atoms. The standard InChI is InChI=1S/C18H24N2O6/c1-12-7-3-4-8-14(12)19-18(22)13(2)26-17(21)11-25-16-10-6-5-9-15(16)20(23)24/h5-6,9-10,12-14H,3-4,7-8,11H2,1-2H3,(H,19,22)/t12-,13-,14+/m1/s1. The third kappa shape index (κ3) is 5.44. The van der Waals surface area contributed by atoms with Crippen molar-refractivity contribution in [1.82, 2.24) is 5.32 Å². The summed E-state index contributed by atoms with van der Waals surface area (Å²) in [6.45, 7) is 3.08. The topological polar surface area (TPSA) is 108 Å². The maximum atomic E-state index is 12.2. The molecule has 1 aromatic carbocycles. The first-order chi connectivity index (χ1) is 12.4. The highest BCUT2D eigenvalue weighted by molar-refractivity contribution is 5.84. The minimum absolute atomic E-state index is 0.0254. The second-order valence-electron chi connectivity index (χ2n) is 6.52. The minimum Gasteiger partial charge on any atom is -0.475 e. The molecular formula is C18H24N2O6. The Hall–Kier alpha value is -2.64. The third-order valence-corrected chi connectivity index (χ3v) is 4.52. The van der Waals surface area contributed by atoms with Gasteiger partial charge in [0.05, 0.1) is 4.92 Å². The molecule has 1 fully saturated rings. The molecule has 1 aliphatic carbocycles. The highest BCUT2D eigenvalue weighted by atomic mass is 16.6. The van der Waals surface area contributed by atoms with Gasteiger partial charge in [-0.25, -0.2) is 4.79 Å². The highest BCUT2D eigenvalue weighted by Crippen LogP contribution is 2.26. The molecule has 8 heteroatoms. The van der Waals surface area contributed by atoms with E-state index in [1.165, 1.54) is 31.5 Å². The molecule has 0 unspecified atom stereocenters. The highest BCUT2D eigenvalue weighted by Gasteiger charge is 2.26. The van der Waals surface area contributed by atoms with E-state index in [4.69, 9.17) is 9.47 Å². The smallest absolute Gasteiger partial charge is 0.344 e. The van der Waals surface area contributed by atoms with Gasteiger partial charge in [-0.05, 0) is 31.7 Å². The molecule has 0 aromatic heterocycles. The molecule has 0 aliphatic heterocycles. The number of nitro benzene ring substituents is 1. The number of nitrogens with one attached hydrogen (secondary N) is 1. The second-order valence-corrected chi connectivity index (χ2v) is 6.52. The summed E-state index contributed by atoms with van der Waals surface area (Å²) in [6.07, 6.45) is 3.29. The quantitative estimate of drug-likeness (QED) is 0.453. The zero-order chi connectivity index (χ0) is 19.1. The van der Waals surface area contributed by atoms with E-state index in [1.807, 2.05) is 0 Å². The molecule has 8 nitrogen and oxygen atoms in total. The molecule has 1 N–H and O–H groups in total. The van der Waals surface area contributed by atoms with E-state index >= 15 is 0 Å². The van der Waals surface area contributed by atoms with Gasteiger partial charge in [0.25, 0.3) is 5.91 Å². The number of carbonyl (C=O) groups excluding carboxylic acids is 2. The van der Waals surface area contributed by atoms with Gasteiger partial charge >= 0.3 is 11.7 Å². The maximum absolute atomic E-state index is 12.2. The van der Waals surface area contributed by atoms with Gasteiger partial charge in [0, 0.05) is 12.1 Å². The fraction of sp³-hybridized carbons (Fsp3) is 0.556. The lowest BCUT2D eigenvalue weighted by molar-refractivity contribution is -0.385. The molecular weight excluding hydrogens is 340 g/mol. The van der Waals surface area contributed by atoms with Crippen molar-refractivity contribution in [1.29, 1.82) is 0 Å². The summed E-state index contributed by atoms with van der Waals surface area (Å²) in [5.41, 5.74) is -0.239. The van der Waals surface area contributed by atoms with Crippen LogP contribution in [0.15, 0.2) is 24.3 Å². The number of esters is 1. The van der Waals surface area contributed by atoms with Crippen molar-refractivity contribution in [3.63, 3.8) is 0 Å². The molecule has 3 atom stereocenters. The van der Waals surface area contributed by atoms with E-state index in [0.717, 1.165) is 19.3 Å². The van der Waals surface area contributed by atoms with Crippen molar-refractivity contribution in [2.75, 3.05) is 6.61 Å². The predicted octanol–water partition coefficient (Wildman–Crippen LogP) is 2.60. The number of nitro groups is 1. The minimum atomic E-state index is -0.953.